The average molecular weight is 288 g/mol. The molecule has 1 N–H and O–H groups in total. The molecule has 1 heterocycles. The number of carbonyl (C=O) groups is 1. The normalized spacial score (nSPS) is 21.2. The van der Waals surface area contributed by atoms with Gasteiger partial charge >= 0.3 is 6.03 Å². The average Bonchev–Trinajstić information content (AvgIpc) is 3.04. The summed E-state index contributed by atoms with van der Waals surface area (Å²) < 4.78 is 5.30. The van der Waals surface area contributed by atoms with Crippen molar-refractivity contribution in [3.63, 3.8) is 0 Å². The predicted molar refractivity (Wildman–Crippen MR) is 82.4 cm³/mol. The quantitative estimate of drug-likeness (QED) is 0.928. The standard InChI is InChI=1S/C17H24N2O2/c20-16(19-10-12-21-13-11-19)18-14-17(8-4-5-9-17)15-6-2-1-3-7-15/h1-3,6-7H,4-5,8-14H2,(H,18,20). The SMILES string of the molecule is O=C(NCC1(c2ccccc2)CCCC1)N1CCOCC1. The van der Waals surface area contributed by atoms with Gasteiger partial charge in [-0.3, -0.25) is 0 Å². The first-order valence-electron chi connectivity index (χ1n) is 7.96. The van der Waals surface area contributed by atoms with E-state index in [1.54, 1.807) is 0 Å². The maximum Gasteiger partial charge on any atom is 0.317 e. The molecule has 4 nitrogen and oxygen atoms in total. The van der Waals surface area contributed by atoms with Crippen LogP contribution in [0.2, 0.25) is 0 Å². The number of amides is 2. The third-order valence-electron chi connectivity index (χ3n) is 4.82. The molecule has 1 saturated heterocycles. The zero-order valence-electron chi connectivity index (χ0n) is 12.5. The van der Waals surface area contributed by atoms with Gasteiger partial charge < -0.3 is 15.0 Å². The van der Waals surface area contributed by atoms with E-state index in [0.717, 1.165) is 6.54 Å². The van der Waals surface area contributed by atoms with Crippen LogP contribution in [0.15, 0.2) is 30.3 Å². The van der Waals surface area contributed by atoms with Gasteiger partial charge in [-0.15, -0.1) is 0 Å². The van der Waals surface area contributed by atoms with E-state index in [1.807, 2.05) is 4.90 Å². The molecule has 2 aliphatic rings. The minimum Gasteiger partial charge on any atom is -0.378 e. The van der Waals surface area contributed by atoms with Crippen LogP contribution in [0.3, 0.4) is 0 Å². The van der Waals surface area contributed by atoms with Gasteiger partial charge in [-0.05, 0) is 18.4 Å². The fourth-order valence-corrected chi connectivity index (χ4v) is 3.53. The van der Waals surface area contributed by atoms with Crippen molar-refractivity contribution < 1.29 is 9.53 Å². The molecule has 0 spiro atoms. The zero-order valence-corrected chi connectivity index (χ0v) is 12.5. The van der Waals surface area contributed by atoms with Crippen LogP contribution in [-0.4, -0.2) is 43.8 Å². The Morgan fingerprint density at radius 1 is 1.14 bits per heavy atom. The number of ether oxygens (including phenoxy) is 1. The van der Waals surface area contributed by atoms with E-state index in [4.69, 9.17) is 4.74 Å². The van der Waals surface area contributed by atoms with Crippen molar-refractivity contribution in [2.75, 3.05) is 32.8 Å². The number of rotatable bonds is 3. The second kappa shape index (κ2) is 6.48. The second-order valence-electron chi connectivity index (χ2n) is 6.11. The van der Waals surface area contributed by atoms with E-state index < -0.39 is 0 Å². The van der Waals surface area contributed by atoms with Crippen molar-refractivity contribution in [2.24, 2.45) is 0 Å². The summed E-state index contributed by atoms with van der Waals surface area (Å²) in [5.74, 6) is 0. The fraction of sp³-hybridized carbons (Fsp3) is 0.588. The molecule has 0 unspecified atom stereocenters. The number of carbonyl (C=O) groups excluding carboxylic acids is 1. The minimum absolute atomic E-state index is 0.0560. The summed E-state index contributed by atoms with van der Waals surface area (Å²) in [5.41, 5.74) is 1.49. The molecular weight excluding hydrogens is 264 g/mol. The Labute approximate surface area is 126 Å². The van der Waals surface area contributed by atoms with E-state index in [0.29, 0.717) is 26.3 Å². The van der Waals surface area contributed by atoms with Crippen molar-refractivity contribution >= 4 is 6.03 Å². The molecule has 0 bridgehead atoms. The Hall–Kier alpha value is -1.55. The third-order valence-corrected chi connectivity index (χ3v) is 4.82. The molecule has 1 aliphatic carbocycles. The number of nitrogens with zero attached hydrogens (tertiary/aromatic N) is 1. The lowest BCUT2D eigenvalue weighted by molar-refractivity contribution is 0.0528. The van der Waals surface area contributed by atoms with Gasteiger partial charge in [0.25, 0.3) is 0 Å². The smallest absolute Gasteiger partial charge is 0.317 e. The molecule has 0 radical (unpaired) electrons. The highest BCUT2D eigenvalue weighted by atomic mass is 16.5. The zero-order chi connectivity index (χ0) is 14.5. The molecular formula is C17H24N2O2. The van der Waals surface area contributed by atoms with Crippen LogP contribution in [0.25, 0.3) is 0 Å². The molecule has 1 aromatic carbocycles. The van der Waals surface area contributed by atoms with Crippen molar-refractivity contribution in [1.82, 2.24) is 10.2 Å². The molecule has 0 aromatic heterocycles. The van der Waals surface area contributed by atoms with E-state index in [9.17, 15) is 4.79 Å². The molecule has 2 amide bonds. The van der Waals surface area contributed by atoms with Crippen LogP contribution in [0, 0.1) is 0 Å². The number of benzene rings is 1. The van der Waals surface area contributed by atoms with E-state index in [-0.39, 0.29) is 11.4 Å². The highest BCUT2D eigenvalue weighted by Crippen LogP contribution is 2.40. The lowest BCUT2D eigenvalue weighted by atomic mass is 9.79. The Morgan fingerprint density at radius 2 is 1.81 bits per heavy atom. The Bertz CT molecular complexity index is 463. The Kier molecular flexibility index (Phi) is 4.44. The summed E-state index contributed by atoms with van der Waals surface area (Å²) in [7, 11) is 0. The summed E-state index contributed by atoms with van der Waals surface area (Å²) in [6.45, 7) is 3.44. The van der Waals surface area contributed by atoms with E-state index >= 15 is 0 Å². The lowest BCUT2D eigenvalue weighted by Crippen LogP contribution is -2.49. The largest absolute Gasteiger partial charge is 0.378 e. The first-order chi connectivity index (χ1) is 10.3. The highest BCUT2D eigenvalue weighted by Gasteiger charge is 2.36. The fourth-order valence-electron chi connectivity index (χ4n) is 3.53. The van der Waals surface area contributed by atoms with Gasteiger partial charge in [0.15, 0.2) is 0 Å². The monoisotopic (exact) mass is 288 g/mol. The topological polar surface area (TPSA) is 41.6 Å². The predicted octanol–water partition coefficient (Wildman–Crippen LogP) is 2.54. The Morgan fingerprint density at radius 3 is 2.48 bits per heavy atom. The molecule has 1 aliphatic heterocycles. The molecule has 114 valence electrons. The van der Waals surface area contributed by atoms with Gasteiger partial charge in [0.05, 0.1) is 13.2 Å². The molecule has 1 aromatic rings. The maximum absolute atomic E-state index is 12.3. The van der Waals surface area contributed by atoms with E-state index in [1.165, 1.54) is 31.2 Å². The Balaban J connectivity index is 1.64. The van der Waals surface area contributed by atoms with Crippen LogP contribution in [-0.2, 0) is 10.2 Å². The lowest BCUT2D eigenvalue weighted by Gasteiger charge is -2.32. The van der Waals surface area contributed by atoms with Crippen LogP contribution in [0.4, 0.5) is 4.79 Å². The summed E-state index contributed by atoms with van der Waals surface area (Å²) in [4.78, 5) is 14.1. The van der Waals surface area contributed by atoms with Gasteiger partial charge in [-0.2, -0.15) is 0 Å². The summed E-state index contributed by atoms with van der Waals surface area (Å²) in [6, 6.07) is 10.7. The molecule has 1 saturated carbocycles. The minimum atomic E-state index is 0.0560. The molecule has 0 atom stereocenters. The molecule has 3 rings (SSSR count). The van der Waals surface area contributed by atoms with Crippen LogP contribution in [0.5, 0.6) is 0 Å². The van der Waals surface area contributed by atoms with Gasteiger partial charge in [-0.25, -0.2) is 4.79 Å². The van der Waals surface area contributed by atoms with E-state index in [2.05, 4.69) is 35.6 Å². The van der Waals surface area contributed by atoms with Crippen molar-refractivity contribution in [2.45, 2.75) is 31.1 Å². The third kappa shape index (κ3) is 3.21. The summed E-state index contributed by atoms with van der Waals surface area (Å²) >= 11 is 0. The maximum atomic E-state index is 12.3. The van der Waals surface area contributed by atoms with Crippen molar-refractivity contribution in [1.29, 1.82) is 0 Å². The second-order valence-corrected chi connectivity index (χ2v) is 6.11. The van der Waals surface area contributed by atoms with Crippen molar-refractivity contribution in [3.8, 4) is 0 Å². The number of hydrogen-bond acceptors (Lipinski definition) is 2. The summed E-state index contributed by atoms with van der Waals surface area (Å²) in [6.07, 6.45) is 4.84. The number of nitrogens with one attached hydrogen (secondary N) is 1. The van der Waals surface area contributed by atoms with Crippen LogP contribution >= 0.6 is 0 Å². The van der Waals surface area contributed by atoms with Gasteiger partial charge in [0.2, 0.25) is 0 Å². The van der Waals surface area contributed by atoms with Gasteiger partial charge in [0.1, 0.15) is 0 Å². The molecule has 2 fully saturated rings. The summed E-state index contributed by atoms with van der Waals surface area (Å²) in [5, 5.41) is 3.17. The number of urea groups is 1. The highest BCUT2D eigenvalue weighted by molar-refractivity contribution is 5.74. The van der Waals surface area contributed by atoms with Gasteiger partial charge in [-0.1, -0.05) is 43.2 Å². The number of hydrogen-bond donors (Lipinski definition) is 1. The van der Waals surface area contributed by atoms with Gasteiger partial charge in [0, 0.05) is 25.0 Å². The molecule has 4 heteroatoms. The van der Waals surface area contributed by atoms with Crippen LogP contribution in [0.1, 0.15) is 31.2 Å². The van der Waals surface area contributed by atoms with Crippen molar-refractivity contribution in [3.05, 3.63) is 35.9 Å². The first-order valence-corrected chi connectivity index (χ1v) is 7.96. The first kappa shape index (κ1) is 14.4. The molecule has 21 heavy (non-hydrogen) atoms. The number of morpholine rings is 1. The van der Waals surface area contributed by atoms with Crippen LogP contribution < -0.4 is 5.32 Å².